The molecule has 1 amide bonds. The predicted octanol–water partition coefficient (Wildman–Crippen LogP) is 3.07. The zero-order chi connectivity index (χ0) is 29.1. The number of aryl methyl sites for hydroxylation is 1. The number of hydrogen-bond acceptors (Lipinski definition) is 7. The molecule has 1 fully saturated rings. The van der Waals surface area contributed by atoms with E-state index in [0.717, 1.165) is 6.07 Å². The van der Waals surface area contributed by atoms with Crippen molar-refractivity contribution in [2.45, 2.75) is 13.1 Å². The topological polar surface area (TPSA) is 88.6 Å². The molecule has 11 heteroatoms. The Morgan fingerprint density at radius 2 is 2.03 bits per heavy atom. The van der Waals surface area contributed by atoms with Crippen LogP contribution in [0.3, 0.4) is 0 Å². The Kier molecular flexibility index (Phi) is 3.86. The SMILES string of the molecule is [2H]C1([2H])OC([2H])([2H])C([2H])([2H])N(C(=O)c2cc(OC)c(Nc3ncc(C(F)(F)F)c(NC)n3)cc2C)C1([2H])[2H]. The molecule has 2 N–H and O–H groups in total. The third-order valence-electron chi connectivity index (χ3n) is 3.97. The number of anilines is 3. The molecular weight excluding hydrogens is 403 g/mol. The van der Waals surface area contributed by atoms with Gasteiger partial charge in [-0.05, 0) is 24.6 Å². The number of nitrogens with zero attached hydrogens (tertiary/aromatic N) is 3. The van der Waals surface area contributed by atoms with Crippen molar-refractivity contribution in [2.75, 3.05) is 50.9 Å². The van der Waals surface area contributed by atoms with E-state index < -0.39 is 49.6 Å². The van der Waals surface area contributed by atoms with E-state index in [4.69, 9.17) is 15.7 Å². The van der Waals surface area contributed by atoms with Crippen molar-refractivity contribution in [1.82, 2.24) is 14.9 Å². The van der Waals surface area contributed by atoms with Gasteiger partial charge in [0.05, 0.1) is 36.9 Å². The Balaban J connectivity index is 2.06. The number of methoxy groups -OCH3 is 1. The number of halogens is 3. The molecule has 0 bridgehead atoms. The second kappa shape index (κ2) is 8.74. The Hall–Kier alpha value is -3.08. The highest BCUT2D eigenvalue weighted by Gasteiger charge is 2.35. The molecule has 3 rings (SSSR count). The molecule has 1 aromatic heterocycles. The summed E-state index contributed by atoms with van der Waals surface area (Å²) in [6.45, 7) is -12.4. The van der Waals surface area contributed by atoms with Crippen molar-refractivity contribution in [3.05, 3.63) is 35.0 Å². The van der Waals surface area contributed by atoms with E-state index in [2.05, 4.69) is 25.3 Å². The zero-order valence-electron chi connectivity index (χ0n) is 23.9. The summed E-state index contributed by atoms with van der Waals surface area (Å²) in [4.78, 5) is 20.6. The highest BCUT2D eigenvalue weighted by Crippen LogP contribution is 2.35. The van der Waals surface area contributed by atoms with Gasteiger partial charge in [0.25, 0.3) is 5.91 Å². The number of aromatic nitrogens is 2. The van der Waals surface area contributed by atoms with Gasteiger partial charge in [0.1, 0.15) is 17.1 Å². The molecule has 1 aliphatic heterocycles. The first kappa shape index (κ1) is 13.3. The number of morpholine rings is 1. The molecule has 0 spiro atoms. The van der Waals surface area contributed by atoms with E-state index in [-0.39, 0.29) is 33.4 Å². The summed E-state index contributed by atoms with van der Waals surface area (Å²) in [5.41, 5.74) is -1.35. The van der Waals surface area contributed by atoms with Gasteiger partial charge >= 0.3 is 6.18 Å². The number of amides is 1. The molecule has 1 aromatic carbocycles. The number of nitrogens with one attached hydrogen (secondary N) is 2. The molecular formula is C19H22F3N5O3. The van der Waals surface area contributed by atoms with E-state index in [9.17, 15) is 18.0 Å². The maximum Gasteiger partial charge on any atom is 0.421 e. The molecule has 1 saturated heterocycles. The second-order valence-corrected chi connectivity index (χ2v) is 5.87. The third-order valence-corrected chi connectivity index (χ3v) is 3.97. The zero-order valence-corrected chi connectivity index (χ0v) is 15.9. The fourth-order valence-electron chi connectivity index (χ4n) is 2.56. The van der Waals surface area contributed by atoms with Crippen LogP contribution in [0, 0.1) is 6.92 Å². The lowest BCUT2D eigenvalue weighted by molar-refractivity contribution is -0.137. The van der Waals surface area contributed by atoms with Gasteiger partial charge in [0.15, 0.2) is 0 Å². The van der Waals surface area contributed by atoms with Crippen LogP contribution >= 0.6 is 0 Å². The quantitative estimate of drug-likeness (QED) is 0.749. The van der Waals surface area contributed by atoms with Crippen LogP contribution in [0.4, 0.5) is 30.6 Å². The molecule has 2 heterocycles. The highest BCUT2D eigenvalue weighted by molar-refractivity contribution is 5.97. The van der Waals surface area contributed by atoms with Crippen LogP contribution in [-0.2, 0) is 10.9 Å². The normalized spacial score (nSPS) is 25.1. The number of hydrogen-bond donors (Lipinski definition) is 2. The first-order valence-corrected chi connectivity index (χ1v) is 8.33. The highest BCUT2D eigenvalue weighted by atomic mass is 19.4. The fourth-order valence-corrected chi connectivity index (χ4v) is 2.56. The maximum absolute atomic E-state index is 13.4. The van der Waals surface area contributed by atoms with Gasteiger partial charge in [-0.3, -0.25) is 4.79 Å². The van der Waals surface area contributed by atoms with Crippen molar-refractivity contribution >= 4 is 23.4 Å². The smallest absolute Gasteiger partial charge is 0.421 e. The van der Waals surface area contributed by atoms with E-state index in [1.807, 2.05) is 0 Å². The first-order chi connectivity index (χ1) is 17.2. The molecule has 0 unspecified atom stereocenters. The molecule has 2 aromatic rings. The average Bonchev–Trinajstić information content (AvgIpc) is 2.76. The second-order valence-electron chi connectivity index (χ2n) is 5.87. The van der Waals surface area contributed by atoms with Crippen molar-refractivity contribution in [3.63, 3.8) is 0 Å². The summed E-state index contributed by atoms with van der Waals surface area (Å²) in [5, 5.41) is 4.98. The monoisotopic (exact) mass is 433 g/mol. The van der Waals surface area contributed by atoms with E-state index in [0.29, 0.717) is 6.20 Å². The lowest BCUT2D eigenvalue weighted by atomic mass is 10.1. The Morgan fingerprint density at radius 3 is 2.63 bits per heavy atom. The predicted molar refractivity (Wildman–Crippen MR) is 104 cm³/mol. The Labute approximate surface area is 182 Å². The van der Waals surface area contributed by atoms with Crippen LogP contribution in [0.25, 0.3) is 0 Å². The Morgan fingerprint density at radius 1 is 1.33 bits per heavy atom. The van der Waals surface area contributed by atoms with Crippen molar-refractivity contribution in [2.24, 2.45) is 0 Å². The number of rotatable bonds is 5. The van der Waals surface area contributed by atoms with Gasteiger partial charge in [0.2, 0.25) is 5.95 Å². The average molecular weight is 433 g/mol. The van der Waals surface area contributed by atoms with E-state index in [1.54, 1.807) is 0 Å². The van der Waals surface area contributed by atoms with Gasteiger partial charge in [-0.25, -0.2) is 4.98 Å². The van der Waals surface area contributed by atoms with Crippen LogP contribution in [0.2, 0.25) is 0 Å². The molecule has 0 radical (unpaired) electrons. The van der Waals surface area contributed by atoms with Gasteiger partial charge in [-0.1, -0.05) is 0 Å². The van der Waals surface area contributed by atoms with Crippen LogP contribution in [0.5, 0.6) is 5.75 Å². The molecule has 0 atom stereocenters. The third kappa shape index (κ3) is 4.56. The number of alkyl halides is 3. The minimum atomic E-state index is -4.71. The summed E-state index contributed by atoms with van der Waals surface area (Å²) in [5.74, 6) is -2.32. The first-order valence-electron chi connectivity index (χ1n) is 12.3. The van der Waals surface area contributed by atoms with Crippen molar-refractivity contribution in [3.8, 4) is 5.75 Å². The van der Waals surface area contributed by atoms with Crippen LogP contribution in [-0.4, -0.2) is 61.0 Å². The lowest BCUT2D eigenvalue weighted by Crippen LogP contribution is -2.40. The standard InChI is InChI=1S/C19H22F3N5O3/c1-11-8-14(25-18-24-10-13(19(20,21)22)16(23-2)26-18)15(29-3)9-12(11)17(28)27-4-6-30-7-5-27/h8-10H,4-7H2,1-3H3,(H2,23,24,25,26)/i4D2,5D2,6D2,7D2. The van der Waals surface area contributed by atoms with Crippen LogP contribution in [0.1, 0.15) is 32.5 Å². The molecule has 0 aliphatic carbocycles. The number of carbonyl (C=O) groups excluding carboxylic acids is 1. The number of benzene rings is 1. The van der Waals surface area contributed by atoms with Gasteiger partial charge in [-0.2, -0.15) is 18.2 Å². The minimum Gasteiger partial charge on any atom is -0.495 e. The summed E-state index contributed by atoms with van der Waals surface area (Å²) in [7, 11) is 2.42. The number of carbonyl (C=O) groups is 1. The largest absolute Gasteiger partial charge is 0.495 e. The lowest BCUT2D eigenvalue weighted by Gasteiger charge is -2.27. The summed E-state index contributed by atoms with van der Waals surface area (Å²) < 4.78 is 112. The molecule has 162 valence electrons. The maximum atomic E-state index is 13.4. The van der Waals surface area contributed by atoms with Crippen molar-refractivity contribution in [1.29, 1.82) is 0 Å². The van der Waals surface area contributed by atoms with Crippen LogP contribution < -0.4 is 15.4 Å². The summed E-state index contributed by atoms with van der Waals surface area (Å²) in [6.07, 6.45) is -4.16. The van der Waals surface area contributed by atoms with Gasteiger partial charge < -0.3 is 25.0 Å². The van der Waals surface area contributed by atoms with Crippen molar-refractivity contribution < 1.29 is 38.4 Å². The molecule has 30 heavy (non-hydrogen) atoms. The Bertz CT molecular complexity index is 1240. The number of ether oxygens (including phenoxy) is 2. The fraction of sp³-hybridized carbons (Fsp3) is 0.421. The van der Waals surface area contributed by atoms with Gasteiger partial charge in [-0.15, -0.1) is 0 Å². The van der Waals surface area contributed by atoms with E-state index >= 15 is 0 Å². The van der Waals surface area contributed by atoms with E-state index in [1.165, 1.54) is 27.1 Å². The minimum absolute atomic E-state index is 0.0678. The molecule has 0 saturated carbocycles. The molecule has 1 aliphatic rings. The van der Waals surface area contributed by atoms with Crippen LogP contribution in [0.15, 0.2) is 18.3 Å². The summed E-state index contributed by atoms with van der Waals surface area (Å²) >= 11 is 0. The summed E-state index contributed by atoms with van der Waals surface area (Å²) in [6, 6.07) is 2.32. The molecule has 8 nitrogen and oxygen atoms in total. The van der Waals surface area contributed by atoms with Gasteiger partial charge in [0, 0.05) is 31.8 Å².